The van der Waals surface area contributed by atoms with E-state index in [0.29, 0.717) is 24.4 Å². The van der Waals surface area contributed by atoms with Crippen molar-refractivity contribution in [2.45, 2.75) is 51.3 Å². The van der Waals surface area contributed by atoms with Crippen LogP contribution in [0.15, 0.2) is 24.3 Å². The molecular weight excluding hydrogens is 257 g/mol. The Morgan fingerprint density at radius 3 is 2.45 bits per heavy atom. The summed E-state index contributed by atoms with van der Waals surface area (Å²) in [4.78, 5) is 2.35. The number of aliphatic hydroxyl groups excluding tert-OH is 1. The van der Waals surface area contributed by atoms with Crippen molar-refractivity contribution in [3.05, 3.63) is 30.1 Å². The van der Waals surface area contributed by atoms with Gasteiger partial charge in [0, 0.05) is 18.6 Å². The highest BCUT2D eigenvalue weighted by molar-refractivity contribution is 5.22. The topological polar surface area (TPSA) is 32.7 Å². The fourth-order valence-electron chi connectivity index (χ4n) is 2.85. The van der Waals surface area contributed by atoms with Crippen LogP contribution in [0.5, 0.6) is 5.75 Å². The van der Waals surface area contributed by atoms with E-state index in [-0.39, 0.29) is 12.4 Å². The van der Waals surface area contributed by atoms with Crippen molar-refractivity contribution in [2.75, 3.05) is 13.2 Å². The second-order valence-electron chi connectivity index (χ2n) is 5.74. The third-order valence-corrected chi connectivity index (χ3v) is 4.05. The lowest BCUT2D eigenvalue weighted by Crippen LogP contribution is -2.48. The average molecular weight is 281 g/mol. The normalized spacial score (nSPS) is 25.4. The Labute approximate surface area is 120 Å². The van der Waals surface area contributed by atoms with Gasteiger partial charge in [-0.05, 0) is 51.0 Å². The number of ether oxygens (including phenoxy) is 1. The highest BCUT2D eigenvalue weighted by Gasteiger charge is 2.26. The first kappa shape index (κ1) is 15.3. The van der Waals surface area contributed by atoms with Crippen molar-refractivity contribution < 1.29 is 14.2 Å². The molecule has 0 aromatic heterocycles. The number of likely N-dealkylation sites (tertiary alicyclic amines) is 1. The molecule has 2 rings (SSSR count). The van der Waals surface area contributed by atoms with E-state index in [1.165, 1.54) is 31.4 Å². The third kappa shape index (κ3) is 4.18. The third-order valence-electron chi connectivity index (χ3n) is 4.05. The maximum absolute atomic E-state index is 12.8. The Bertz CT molecular complexity index is 399. The fraction of sp³-hybridized carbons (Fsp3) is 0.625. The summed E-state index contributed by atoms with van der Waals surface area (Å²) in [6.07, 6.45) is 3.12. The largest absolute Gasteiger partial charge is 0.491 e. The molecule has 0 spiro atoms. The zero-order chi connectivity index (χ0) is 14.5. The molecule has 1 saturated heterocycles. The van der Waals surface area contributed by atoms with Crippen LogP contribution in [-0.2, 0) is 0 Å². The highest BCUT2D eigenvalue weighted by atomic mass is 19.1. The zero-order valence-corrected chi connectivity index (χ0v) is 12.3. The van der Waals surface area contributed by atoms with E-state index in [1.54, 1.807) is 12.1 Å². The molecule has 112 valence electrons. The van der Waals surface area contributed by atoms with Gasteiger partial charge in [-0.15, -0.1) is 0 Å². The van der Waals surface area contributed by atoms with E-state index >= 15 is 0 Å². The SMILES string of the molecule is C[C@@H]1CCC[C@@H](C)N1C[C@H](O)COc1ccc(F)cc1. The van der Waals surface area contributed by atoms with Crippen LogP contribution in [0.4, 0.5) is 4.39 Å². The van der Waals surface area contributed by atoms with Crippen LogP contribution >= 0.6 is 0 Å². The second-order valence-corrected chi connectivity index (χ2v) is 5.74. The molecule has 1 aromatic carbocycles. The summed E-state index contributed by atoms with van der Waals surface area (Å²) in [6, 6.07) is 6.90. The van der Waals surface area contributed by atoms with Gasteiger partial charge in [-0.2, -0.15) is 0 Å². The summed E-state index contributed by atoms with van der Waals surface area (Å²) in [5.74, 6) is 0.305. The molecule has 1 aliphatic heterocycles. The predicted octanol–water partition coefficient (Wildman–Crippen LogP) is 2.83. The molecule has 3 nitrogen and oxygen atoms in total. The Morgan fingerprint density at radius 2 is 1.85 bits per heavy atom. The maximum Gasteiger partial charge on any atom is 0.123 e. The molecule has 1 fully saturated rings. The number of hydrogen-bond donors (Lipinski definition) is 1. The van der Waals surface area contributed by atoms with Gasteiger partial charge in [0.1, 0.15) is 24.3 Å². The fourth-order valence-corrected chi connectivity index (χ4v) is 2.85. The summed E-state index contributed by atoms with van der Waals surface area (Å²) in [5.41, 5.74) is 0. The maximum atomic E-state index is 12.8. The van der Waals surface area contributed by atoms with Crippen molar-refractivity contribution in [3.63, 3.8) is 0 Å². The first-order valence-electron chi connectivity index (χ1n) is 7.38. The van der Waals surface area contributed by atoms with Gasteiger partial charge in [0.2, 0.25) is 0 Å². The van der Waals surface area contributed by atoms with Crippen LogP contribution in [0.3, 0.4) is 0 Å². The smallest absolute Gasteiger partial charge is 0.123 e. The lowest BCUT2D eigenvalue weighted by Gasteiger charge is -2.40. The van der Waals surface area contributed by atoms with E-state index in [0.717, 1.165) is 0 Å². The van der Waals surface area contributed by atoms with Gasteiger partial charge in [-0.3, -0.25) is 4.90 Å². The first-order valence-corrected chi connectivity index (χ1v) is 7.38. The molecule has 1 heterocycles. The molecule has 0 radical (unpaired) electrons. The van der Waals surface area contributed by atoms with Crippen molar-refractivity contribution >= 4 is 0 Å². The molecule has 3 atom stereocenters. The predicted molar refractivity (Wildman–Crippen MR) is 77.4 cm³/mol. The summed E-state index contributed by atoms with van der Waals surface area (Å²) < 4.78 is 18.3. The number of halogens is 1. The van der Waals surface area contributed by atoms with Crippen molar-refractivity contribution in [2.24, 2.45) is 0 Å². The molecule has 0 amide bonds. The minimum Gasteiger partial charge on any atom is -0.491 e. The van der Waals surface area contributed by atoms with Gasteiger partial charge in [-0.25, -0.2) is 4.39 Å². The van der Waals surface area contributed by atoms with Gasteiger partial charge < -0.3 is 9.84 Å². The number of benzene rings is 1. The van der Waals surface area contributed by atoms with Gasteiger partial charge in [0.25, 0.3) is 0 Å². The van der Waals surface area contributed by atoms with Crippen molar-refractivity contribution in [1.29, 1.82) is 0 Å². The van der Waals surface area contributed by atoms with E-state index in [1.807, 2.05) is 0 Å². The van der Waals surface area contributed by atoms with Crippen LogP contribution < -0.4 is 4.74 Å². The molecule has 1 N–H and O–H groups in total. The second kappa shape index (κ2) is 7.04. The zero-order valence-electron chi connectivity index (χ0n) is 12.3. The van der Waals surface area contributed by atoms with Crippen LogP contribution in [0.1, 0.15) is 33.1 Å². The van der Waals surface area contributed by atoms with E-state index < -0.39 is 6.10 Å². The van der Waals surface area contributed by atoms with E-state index in [2.05, 4.69) is 18.7 Å². The molecule has 0 unspecified atom stereocenters. The minimum atomic E-state index is -0.525. The number of hydrogen-bond acceptors (Lipinski definition) is 3. The van der Waals surface area contributed by atoms with E-state index in [9.17, 15) is 9.50 Å². The van der Waals surface area contributed by atoms with Crippen LogP contribution in [0.25, 0.3) is 0 Å². The Morgan fingerprint density at radius 1 is 1.25 bits per heavy atom. The minimum absolute atomic E-state index is 0.238. The van der Waals surface area contributed by atoms with Gasteiger partial charge in [0.15, 0.2) is 0 Å². The van der Waals surface area contributed by atoms with Crippen molar-refractivity contribution in [3.8, 4) is 5.75 Å². The number of β-amino-alcohol motifs (C(OH)–C–C–N with tert-alkyl or cyclic N) is 1. The lowest BCUT2D eigenvalue weighted by atomic mass is 9.97. The summed E-state index contributed by atoms with van der Waals surface area (Å²) in [7, 11) is 0. The molecule has 1 aromatic rings. The van der Waals surface area contributed by atoms with Gasteiger partial charge >= 0.3 is 0 Å². The summed E-state index contributed by atoms with van der Waals surface area (Å²) in [5, 5.41) is 10.1. The average Bonchev–Trinajstić information content (AvgIpc) is 2.42. The molecule has 0 aliphatic carbocycles. The van der Waals surface area contributed by atoms with Gasteiger partial charge in [-0.1, -0.05) is 6.42 Å². The van der Waals surface area contributed by atoms with Gasteiger partial charge in [0.05, 0.1) is 0 Å². The highest BCUT2D eigenvalue weighted by Crippen LogP contribution is 2.22. The quantitative estimate of drug-likeness (QED) is 0.901. The van der Waals surface area contributed by atoms with Crippen molar-refractivity contribution in [1.82, 2.24) is 4.90 Å². The van der Waals surface area contributed by atoms with Crippen LogP contribution in [0, 0.1) is 5.82 Å². The monoisotopic (exact) mass is 281 g/mol. The molecule has 4 heteroatoms. The first-order chi connectivity index (χ1) is 9.56. The summed E-state index contributed by atoms with van der Waals surface area (Å²) in [6.45, 7) is 5.29. The summed E-state index contributed by atoms with van der Waals surface area (Å²) >= 11 is 0. The Balaban J connectivity index is 1.79. The molecular formula is C16H24FNO2. The molecule has 0 bridgehead atoms. The Hall–Kier alpha value is -1.13. The number of nitrogens with zero attached hydrogens (tertiary/aromatic N) is 1. The molecule has 0 saturated carbocycles. The number of piperidine rings is 1. The van der Waals surface area contributed by atoms with Crippen LogP contribution in [0.2, 0.25) is 0 Å². The molecule has 20 heavy (non-hydrogen) atoms. The van der Waals surface area contributed by atoms with Crippen LogP contribution in [-0.4, -0.2) is 41.3 Å². The lowest BCUT2D eigenvalue weighted by molar-refractivity contribution is 0.0209. The Kier molecular flexibility index (Phi) is 5.38. The molecule has 1 aliphatic rings. The number of aliphatic hydroxyl groups is 1. The number of rotatable bonds is 5. The van der Waals surface area contributed by atoms with E-state index in [4.69, 9.17) is 4.74 Å². The standard InChI is InChI=1S/C16H24FNO2/c1-12-4-3-5-13(2)18(12)10-15(19)11-20-16-8-6-14(17)7-9-16/h6-9,12-13,15,19H,3-5,10-11H2,1-2H3/t12-,13-,15+/m1/s1.